The zero-order chi connectivity index (χ0) is 13.4. The highest BCUT2D eigenvalue weighted by atomic mass is 32.1. The van der Waals surface area contributed by atoms with E-state index in [4.69, 9.17) is 0 Å². The molecule has 0 N–H and O–H groups in total. The van der Waals surface area contributed by atoms with E-state index >= 15 is 0 Å². The van der Waals surface area contributed by atoms with E-state index in [1.807, 2.05) is 0 Å². The second-order valence-electron chi connectivity index (χ2n) is 4.51. The summed E-state index contributed by atoms with van der Waals surface area (Å²) in [4.78, 5) is 22.4. The lowest BCUT2D eigenvalue weighted by molar-refractivity contribution is 0.0994. The van der Waals surface area contributed by atoms with Gasteiger partial charge in [0.25, 0.3) is 5.91 Å². The fourth-order valence-corrected chi connectivity index (χ4v) is 2.78. The third-order valence-electron chi connectivity index (χ3n) is 3.11. The van der Waals surface area contributed by atoms with Gasteiger partial charge < -0.3 is 0 Å². The highest BCUT2D eigenvalue weighted by Gasteiger charge is 2.32. The van der Waals surface area contributed by atoms with Gasteiger partial charge in [-0.25, -0.2) is 14.4 Å². The molecular weight excluding hydrogens is 265 g/mol. The van der Waals surface area contributed by atoms with Crippen molar-refractivity contribution in [3.63, 3.8) is 0 Å². The molecule has 98 valence electrons. The second kappa shape index (κ2) is 4.70. The zero-order valence-corrected chi connectivity index (χ0v) is 11.2. The van der Waals surface area contributed by atoms with Crippen LogP contribution in [0, 0.1) is 5.82 Å². The van der Waals surface area contributed by atoms with E-state index in [2.05, 4.69) is 9.97 Å². The molecule has 0 aliphatic heterocycles. The number of amides is 1. The summed E-state index contributed by atoms with van der Waals surface area (Å²) in [6.45, 7) is 0. The van der Waals surface area contributed by atoms with Crippen LogP contribution < -0.4 is 4.90 Å². The number of aromatic nitrogens is 2. The van der Waals surface area contributed by atoms with Crippen molar-refractivity contribution in [1.29, 1.82) is 0 Å². The van der Waals surface area contributed by atoms with E-state index in [1.54, 1.807) is 5.51 Å². The van der Waals surface area contributed by atoms with Crippen molar-refractivity contribution in [2.24, 2.45) is 0 Å². The Morgan fingerprint density at radius 2 is 2.26 bits per heavy atom. The van der Waals surface area contributed by atoms with Crippen LogP contribution >= 0.6 is 11.3 Å². The van der Waals surface area contributed by atoms with E-state index in [-0.39, 0.29) is 11.7 Å². The van der Waals surface area contributed by atoms with Gasteiger partial charge >= 0.3 is 0 Å². The molecule has 6 heteroatoms. The number of carbonyl (C=O) groups is 1. The molecule has 0 radical (unpaired) electrons. The third-order valence-corrected chi connectivity index (χ3v) is 3.94. The summed E-state index contributed by atoms with van der Waals surface area (Å²) in [5.74, 6) is -0.312. The number of anilines is 1. The highest BCUT2D eigenvalue weighted by molar-refractivity contribution is 7.12. The van der Waals surface area contributed by atoms with Crippen LogP contribution in [0.3, 0.4) is 0 Å². The van der Waals surface area contributed by atoms with Crippen LogP contribution in [0.4, 0.5) is 10.2 Å². The fraction of sp³-hybridized carbons (Fsp3) is 0.308. The molecule has 0 aromatic carbocycles. The lowest BCUT2D eigenvalue weighted by atomic mass is 10.2. The van der Waals surface area contributed by atoms with Crippen molar-refractivity contribution >= 4 is 23.1 Å². The number of nitrogens with zero attached hydrogens (tertiary/aromatic N) is 3. The molecule has 0 atom stereocenters. The molecule has 3 rings (SSSR count). The molecule has 1 amide bonds. The van der Waals surface area contributed by atoms with E-state index in [1.165, 1.54) is 41.6 Å². The van der Waals surface area contributed by atoms with Gasteiger partial charge in [-0.3, -0.25) is 9.69 Å². The van der Waals surface area contributed by atoms with Crippen LogP contribution in [-0.4, -0.2) is 22.9 Å². The average Bonchev–Trinajstić information content (AvgIpc) is 3.15. The summed E-state index contributed by atoms with van der Waals surface area (Å²) < 4.78 is 13.6. The Kier molecular flexibility index (Phi) is 3.02. The van der Waals surface area contributed by atoms with Gasteiger partial charge in [0, 0.05) is 19.2 Å². The van der Waals surface area contributed by atoms with Gasteiger partial charge in [0.2, 0.25) is 0 Å². The van der Waals surface area contributed by atoms with Crippen LogP contribution in [0.25, 0.3) is 0 Å². The van der Waals surface area contributed by atoms with Crippen molar-refractivity contribution in [2.75, 3.05) is 11.9 Å². The molecule has 19 heavy (non-hydrogen) atoms. The first-order valence-electron chi connectivity index (χ1n) is 6.00. The van der Waals surface area contributed by atoms with Crippen LogP contribution in [0.2, 0.25) is 0 Å². The van der Waals surface area contributed by atoms with Crippen LogP contribution in [0.1, 0.15) is 34.1 Å². The first kappa shape index (κ1) is 12.2. The fourth-order valence-electron chi connectivity index (χ4n) is 1.94. The van der Waals surface area contributed by atoms with E-state index in [0.29, 0.717) is 10.8 Å². The Balaban J connectivity index is 1.91. The topological polar surface area (TPSA) is 46.1 Å². The van der Waals surface area contributed by atoms with Crippen molar-refractivity contribution in [3.05, 3.63) is 40.2 Å². The zero-order valence-electron chi connectivity index (χ0n) is 10.3. The Morgan fingerprint density at radius 3 is 2.95 bits per heavy atom. The van der Waals surface area contributed by atoms with Crippen LogP contribution in [0.15, 0.2) is 23.8 Å². The summed E-state index contributed by atoms with van der Waals surface area (Å²) in [6, 6.07) is 2.79. The predicted molar refractivity (Wildman–Crippen MR) is 71.0 cm³/mol. The van der Waals surface area contributed by atoms with Crippen molar-refractivity contribution in [3.8, 4) is 0 Å². The Hall–Kier alpha value is -1.82. The molecule has 2 aromatic rings. The number of thiazole rings is 1. The van der Waals surface area contributed by atoms with Crippen molar-refractivity contribution < 1.29 is 9.18 Å². The molecule has 4 nitrogen and oxygen atoms in total. The van der Waals surface area contributed by atoms with E-state index in [9.17, 15) is 9.18 Å². The van der Waals surface area contributed by atoms with Gasteiger partial charge in [-0.15, -0.1) is 11.3 Å². The normalized spacial score (nSPS) is 14.4. The van der Waals surface area contributed by atoms with Gasteiger partial charge in [0.15, 0.2) is 11.6 Å². The summed E-state index contributed by atoms with van der Waals surface area (Å²) in [5, 5.41) is 0. The maximum absolute atomic E-state index is 13.6. The molecule has 1 aliphatic carbocycles. The first-order chi connectivity index (χ1) is 9.18. The number of hydrogen-bond acceptors (Lipinski definition) is 4. The number of pyridine rings is 1. The van der Waals surface area contributed by atoms with Crippen LogP contribution in [-0.2, 0) is 0 Å². The molecule has 1 saturated carbocycles. The number of halogens is 1. The maximum Gasteiger partial charge on any atom is 0.271 e. The maximum atomic E-state index is 13.6. The number of hydrogen-bond donors (Lipinski definition) is 0. The lowest BCUT2D eigenvalue weighted by Crippen LogP contribution is -2.28. The number of carbonyl (C=O) groups excluding carboxylic acids is 1. The molecule has 2 aromatic heterocycles. The molecule has 0 bridgehead atoms. The van der Waals surface area contributed by atoms with Crippen LogP contribution in [0.5, 0.6) is 0 Å². The minimum atomic E-state index is -0.504. The second-order valence-corrected chi connectivity index (χ2v) is 5.37. The Bertz CT molecular complexity index is 624. The van der Waals surface area contributed by atoms with Crippen molar-refractivity contribution in [1.82, 2.24) is 9.97 Å². The average molecular weight is 277 g/mol. The molecule has 0 unspecified atom stereocenters. The molecule has 2 heterocycles. The molecule has 0 spiro atoms. The standard InChI is InChI=1S/C13H12FN3OS/c1-17(12-9(14)3-2-6-15-12)13(18)11-10(8-4-5-8)16-7-19-11/h2-3,6-8H,4-5H2,1H3. The van der Waals surface area contributed by atoms with E-state index < -0.39 is 5.82 Å². The highest BCUT2D eigenvalue weighted by Crippen LogP contribution is 2.42. The summed E-state index contributed by atoms with van der Waals surface area (Å²) in [5.41, 5.74) is 2.52. The minimum absolute atomic E-state index is 0.0441. The van der Waals surface area contributed by atoms with Crippen molar-refractivity contribution in [2.45, 2.75) is 18.8 Å². The third kappa shape index (κ3) is 2.23. The van der Waals surface area contributed by atoms with Gasteiger partial charge in [0.05, 0.1) is 11.2 Å². The molecular formula is C13H12FN3OS. The van der Waals surface area contributed by atoms with Gasteiger partial charge in [-0.05, 0) is 25.0 Å². The minimum Gasteiger partial charge on any atom is -0.293 e. The lowest BCUT2D eigenvalue weighted by Gasteiger charge is -2.16. The monoisotopic (exact) mass is 277 g/mol. The summed E-state index contributed by atoms with van der Waals surface area (Å²) in [6.07, 6.45) is 3.62. The quantitative estimate of drug-likeness (QED) is 0.866. The number of rotatable bonds is 3. The van der Waals surface area contributed by atoms with E-state index in [0.717, 1.165) is 18.5 Å². The summed E-state index contributed by atoms with van der Waals surface area (Å²) in [7, 11) is 1.53. The molecule has 1 aliphatic rings. The SMILES string of the molecule is CN(C(=O)c1scnc1C1CC1)c1ncccc1F. The van der Waals surface area contributed by atoms with Gasteiger partial charge in [-0.2, -0.15) is 0 Å². The summed E-state index contributed by atoms with van der Waals surface area (Å²) >= 11 is 1.30. The smallest absolute Gasteiger partial charge is 0.271 e. The van der Waals surface area contributed by atoms with Gasteiger partial charge in [-0.1, -0.05) is 0 Å². The first-order valence-corrected chi connectivity index (χ1v) is 6.88. The Labute approximate surface area is 113 Å². The largest absolute Gasteiger partial charge is 0.293 e. The molecule has 0 saturated heterocycles. The molecule has 1 fully saturated rings. The Morgan fingerprint density at radius 1 is 1.47 bits per heavy atom. The van der Waals surface area contributed by atoms with Gasteiger partial charge in [0.1, 0.15) is 4.88 Å². The predicted octanol–water partition coefficient (Wildman–Crippen LogP) is 2.83.